The van der Waals surface area contributed by atoms with E-state index in [1.807, 2.05) is 0 Å². The Morgan fingerprint density at radius 2 is 1.80 bits per heavy atom. The van der Waals surface area contributed by atoms with Crippen molar-refractivity contribution >= 4 is 5.91 Å². The standard InChI is InChI=1S/C16H31N3O/c1-3-6-14(7-4-2)19-11-5-8-15(19)16(20)18-12-9-17-10-13-18/h14-15,17H,3-13H2,1-2H3. The molecule has 0 aromatic carbocycles. The van der Waals surface area contributed by atoms with Gasteiger partial charge in [0.25, 0.3) is 0 Å². The van der Waals surface area contributed by atoms with E-state index in [2.05, 4.69) is 29.0 Å². The molecule has 0 spiro atoms. The van der Waals surface area contributed by atoms with Crippen LogP contribution in [0, 0.1) is 0 Å². The molecule has 0 bridgehead atoms. The third kappa shape index (κ3) is 3.73. The minimum Gasteiger partial charge on any atom is -0.339 e. The number of nitrogens with one attached hydrogen (secondary N) is 1. The summed E-state index contributed by atoms with van der Waals surface area (Å²) in [4.78, 5) is 17.4. The second kappa shape index (κ2) is 7.99. The first-order valence-electron chi connectivity index (χ1n) is 8.53. The van der Waals surface area contributed by atoms with E-state index in [1.54, 1.807) is 0 Å². The van der Waals surface area contributed by atoms with Crippen molar-refractivity contribution in [2.75, 3.05) is 32.7 Å². The molecule has 0 radical (unpaired) electrons. The van der Waals surface area contributed by atoms with Crippen LogP contribution in [0.1, 0.15) is 52.4 Å². The van der Waals surface area contributed by atoms with Crippen molar-refractivity contribution in [1.29, 1.82) is 0 Å². The number of amides is 1. The monoisotopic (exact) mass is 281 g/mol. The molecule has 1 atom stereocenters. The average Bonchev–Trinajstić information content (AvgIpc) is 2.96. The highest BCUT2D eigenvalue weighted by atomic mass is 16.2. The number of carbonyl (C=O) groups excluding carboxylic acids is 1. The quantitative estimate of drug-likeness (QED) is 0.807. The van der Waals surface area contributed by atoms with Crippen molar-refractivity contribution in [2.45, 2.75) is 64.5 Å². The number of piperazine rings is 1. The molecule has 2 heterocycles. The Labute approximate surface area is 123 Å². The molecule has 1 N–H and O–H groups in total. The molecule has 0 aromatic rings. The van der Waals surface area contributed by atoms with Gasteiger partial charge in [0.15, 0.2) is 0 Å². The normalized spacial score (nSPS) is 24.6. The van der Waals surface area contributed by atoms with E-state index in [4.69, 9.17) is 0 Å². The molecule has 2 saturated heterocycles. The fourth-order valence-corrected chi connectivity index (χ4v) is 3.73. The average molecular weight is 281 g/mol. The predicted molar refractivity (Wildman–Crippen MR) is 82.8 cm³/mol. The van der Waals surface area contributed by atoms with Crippen LogP contribution in [0.2, 0.25) is 0 Å². The Balaban J connectivity index is 1.99. The van der Waals surface area contributed by atoms with Crippen LogP contribution >= 0.6 is 0 Å². The second-order valence-corrected chi connectivity index (χ2v) is 6.20. The van der Waals surface area contributed by atoms with E-state index in [0.717, 1.165) is 39.1 Å². The van der Waals surface area contributed by atoms with Crippen LogP contribution in [0.15, 0.2) is 0 Å². The lowest BCUT2D eigenvalue weighted by atomic mass is 10.0. The van der Waals surface area contributed by atoms with Gasteiger partial charge >= 0.3 is 0 Å². The van der Waals surface area contributed by atoms with Crippen LogP contribution in [-0.2, 0) is 4.79 Å². The summed E-state index contributed by atoms with van der Waals surface area (Å²) in [6, 6.07) is 0.778. The van der Waals surface area contributed by atoms with E-state index >= 15 is 0 Å². The third-order valence-corrected chi connectivity index (χ3v) is 4.72. The van der Waals surface area contributed by atoms with Gasteiger partial charge in [-0.3, -0.25) is 9.69 Å². The molecule has 4 nitrogen and oxygen atoms in total. The van der Waals surface area contributed by atoms with Crippen molar-refractivity contribution in [3.63, 3.8) is 0 Å². The van der Waals surface area contributed by atoms with E-state index in [1.165, 1.54) is 32.1 Å². The molecule has 116 valence electrons. The van der Waals surface area contributed by atoms with Gasteiger partial charge in [-0.2, -0.15) is 0 Å². The SMILES string of the molecule is CCCC(CCC)N1CCCC1C(=O)N1CCNCC1. The van der Waals surface area contributed by atoms with Gasteiger partial charge in [-0.05, 0) is 32.2 Å². The first kappa shape index (κ1) is 15.8. The first-order valence-corrected chi connectivity index (χ1v) is 8.53. The van der Waals surface area contributed by atoms with Crippen molar-refractivity contribution < 1.29 is 4.79 Å². The molecule has 2 rings (SSSR count). The summed E-state index contributed by atoms with van der Waals surface area (Å²) < 4.78 is 0. The summed E-state index contributed by atoms with van der Waals surface area (Å²) in [6.45, 7) is 9.30. The Morgan fingerprint density at radius 3 is 2.40 bits per heavy atom. The van der Waals surface area contributed by atoms with E-state index in [-0.39, 0.29) is 6.04 Å². The van der Waals surface area contributed by atoms with Gasteiger partial charge in [0.2, 0.25) is 5.91 Å². The number of hydrogen-bond donors (Lipinski definition) is 1. The fourth-order valence-electron chi connectivity index (χ4n) is 3.73. The van der Waals surface area contributed by atoms with E-state index in [9.17, 15) is 4.79 Å². The van der Waals surface area contributed by atoms with Gasteiger partial charge in [0.1, 0.15) is 0 Å². The van der Waals surface area contributed by atoms with Gasteiger partial charge in [0, 0.05) is 32.2 Å². The highest BCUT2D eigenvalue weighted by molar-refractivity contribution is 5.82. The molecule has 20 heavy (non-hydrogen) atoms. The van der Waals surface area contributed by atoms with Gasteiger partial charge in [-0.15, -0.1) is 0 Å². The molecule has 0 saturated carbocycles. The van der Waals surface area contributed by atoms with Crippen LogP contribution in [0.3, 0.4) is 0 Å². The smallest absolute Gasteiger partial charge is 0.240 e. The molecule has 0 aliphatic carbocycles. The lowest BCUT2D eigenvalue weighted by molar-refractivity contribution is -0.137. The van der Waals surface area contributed by atoms with Crippen LogP contribution in [0.25, 0.3) is 0 Å². The number of nitrogens with zero attached hydrogens (tertiary/aromatic N) is 2. The summed E-state index contributed by atoms with van der Waals surface area (Å²) in [6.07, 6.45) is 7.16. The molecular weight excluding hydrogens is 250 g/mol. The van der Waals surface area contributed by atoms with Crippen molar-refractivity contribution in [3.05, 3.63) is 0 Å². The lowest BCUT2D eigenvalue weighted by Gasteiger charge is -2.36. The van der Waals surface area contributed by atoms with Gasteiger partial charge in [-0.1, -0.05) is 26.7 Å². The number of carbonyl (C=O) groups is 1. The maximum atomic E-state index is 12.8. The Kier molecular flexibility index (Phi) is 6.30. The number of rotatable bonds is 6. The minimum absolute atomic E-state index is 0.163. The molecule has 4 heteroatoms. The first-order chi connectivity index (χ1) is 9.77. The molecule has 2 aliphatic rings. The van der Waals surface area contributed by atoms with Crippen molar-refractivity contribution in [1.82, 2.24) is 15.1 Å². The molecule has 2 aliphatic heterocycles. The zero-order chi connectivity index (χ0) is 14.4. The van der Waals surface area contributed by atoms with Gasteiger partial charge < -0.3 is 10.2 Å². The van der Waals surface area contributed by atoms with Gasteiger partial charge in [-0.25, -0.2) is 0 Å². The maximum Gasteiger partial charge on any atom is 0.240 e. The van der Waals surface area contributed by atoms with Crippen LogP contribution in [0.5, 0.6) is 0 Å². The Morgan fingerprint density at radius 1 is 1.15 bits per heavy atom. The van der Waals surface area contributed by atoms with Crippen molar-refractivity contribution in [3.8, 4) is 0 Å². The largest absolute Gasteiger partial charge is 0.339 e. The third-order valence-electron chi connectivity index (χ3n) is 4.72. The van der Waals surface area contributed by atoms with E-state index < -0.39 is 0 Å². The summed E-state index contributed by atoms with van der Waals surface area (Å²) in [7, 11) is 0. The minimum atomic E-state index is 0.163. The highest BCUT2D eigenvalue weighted by Gasteiger charge is 2.36. The van der Waals surface area contributed by atoms with E-state index in [0.29, 0.717) is 11.9 Å². The Hall–Kier alpha value is -0.610. The van der Waals surface area contributed by atoms with Crippen molar-refractivity contribution in [2.24, 2.45) is 0 Å². The molecule has 1 unspecified atom stereocenters. The molecule has 0 aromatic heterocycles. The summed E-state index contributed by atoms with van der Waals surface area (Å²) in [5.41, 5.74) is 0. The Bertz CT molecular complexity index is 296. The summed E-state index contributed by atoms with van der Waals surface area (Å²) >= 11 is 0. The van der Waals surface area contributed by atoms with Gasteiger partial charge in [0.05, 0.1) is 6.04 Å². The molecule has 1 amide bonds. The van der Waals surface area contributed by atoms with Crippen LogP contribution < -0.4 is 5.32 Å². The number of hydrogen-bond acceptors (Lipinski definition) is 3. The molecular formula is C16H31N3O. The van der Waals surface area contributed by atoms with Crippen LogP contribution in [-0.4, -0.2) is 60.5 Å². The van der Waals surface area contributed by atoms with Crippen LogP contribution in [0.4, 0.5) is 0 Å². The maximum absolute atomic E-state index is 12.8. The number of likely N-dealkylation sites (tertiary alicyclic amines) is 1. The topological polar surface area (TPSA) is 35.6 Å². The zero-order valence-electron chi connectivity index (χ0n) is 13.2. The highest BCUT2D eigenvalue weighted by Crippen LogP contribution is 2.26. The predicted octanol–water partition coefficient (Wildman–Crippen LogP) is 1.85. The molecule has 2 fully saturated rings. The second-order valence-electron chi connectivity index (χ2n) is 6.20. The summed E-state index contributed by atoms with van der Waals surface area (Å²) in [5.74, 6) is 0.390. The summed E-state index contributed by atoms with van der Waals surface area (Å²) in [5, 5.41) is 3.33. The lowest BCUT2D eigenvalue weighted by Crippen LogP contribution is -2.54. The fraction of sp³-hybridized carbons (Fsp3) is 0.938. The zero-order valence-corrected chi connectivity index (χ0v) is 13.2.